The summed E-state index contributed by atoms with van der Waals surface area (Å²) in [7, 11) is 4.37. The normalized spacial score (nSPS) is 13.9. The molecule has 0 amide bonds. The van der Waals surface area contributed by atoms with Gasteiger partial charge < -0.3 is 9.80 Å². The van der Waals surface area contributed by atoms with Crippen LogP contribution in [0.5, 0.6) is 0 Å². The van der Waals surface area contributed by atoms with Gasteiger partial charge in [0.15, 0.2) is 0 Å². The van der Waals surface area contributed by atoms with Crippen molar-refractivity contribution >= 4 is 55.1 Å². The highest BCUT2D eigenvalue weighted by atomic mass is 15.2. The van der Waals surface area contributed by atoms with E-state index >= 15 is 0 Å². The first-order valence-corrected chi connectivity index (χ1v) is 19.3. The van der Waals surface area contributed by atoms with Crippen molar-refractivity contribution in [3.05, 3.63) is 181 Å². The van der Waals surface area contributed by atoms with E-state index in [-0.39, 0.29) is 5.41 Å². The summed E-state index contributed by atoms with van der Waals surface area (Å²) in [6, 6.07) is 63.5. The number of nitrogens with zero attached hydrogens (tertiary/aromatic N) is 2. The van der Waals surface area contributed by atoms with Crippen LogP contribution in [0, 0.1) is 0 Å². The maximum Gasteiger partial charge on any atom is 0.0656 e. The fourth-order valence-electron chi connectivity index (χ4n) is 9.73. The van der Waals surface area contributed by atoms with Gasteiger partial charge in [0.25, 0.3) is 0 Å². The van der Waals surface area contributed by atoms with Gasteiger partial charge in [0.05, 0.1) is 22.7 Å². The van der Waals surface area contributed by atoms with E-state index in [1.165, 1.54) is 111 Å². The summed E-state index contributed by atoms with van der Waals surface area (Å²) >= 11 is 0. The van der Waals surface area contributed by atoms with Gasteiger partial charge in [-0.05, 0) is 130 Å². The lowest BCUT2D eigenvalue weighted by molar-refractivity contribution is 0.660. The highest BCUT2D eigenvalue weighted by Crippen LogP contribution is 2.53. The molecule has 0 aromatic heterocycles. The van der Waals surface area contributed by atoms with Crippen molar-refractivity contribution in [3.8, 4) is 44.5 Å². The third-order valence-electron chi connectivity index (χ3n) is 12.6. The third kappa shape index (κ3) is 4.61. The summed E-state index contributed by atoms with van der Waals surface area (Å²) in [4.78, 5) is 4.66. The number of rotatable bonds is 3. The topological polar surface area (TPSA) is 6.48 Å². The van der Waals surface area contributed by atoms with Crippen LogP contribution >= 0.6 is 0 Å². The molecule has 0 radical (unpaired) electrons. The summed E-state index contributed by atoms with van der Waals surface area (Å²) in [6.07, 6.45) is 0. The van der Waals surface area contributed by atoms with Crippen LogP contribution in [0.25, 0.3) is 76.8 Å². The van der Waals surface area contributed by atoms with E-state index in [9.17, 15) is 0 Å². The van der Waals surface area contributed by atoms with Gasteiger partial charge in [-0.15, -0.1) is 0 Å². The second kappa shape index (κ2) is 11.7. The van der Waals surface area contributed by atoms with Crippen molar-refractivity contribution in [2.45, 2.75) is 19.3 Å². The number of hydrogen-bond acceptors (Lipinski definition) is 2. The lowest BCUT2D eigenvalue weighted by Crippen LogP contribution is -2.24. The third-order valence-corrected chi connectivity index (χ3v) is 12.6. The highest BCUT2D eigenvalue weighted by molar-refractivity contribution is 6.22. The van der Waals surface area contributed by atoms with E-state index in [0.29, 0.717) is 0 Å². The molecule has 0 saturated carbocycles. The van der Waals surface area contributed by atoms with Crippen molar-refractivity contribution in [2.75, 3.05) is 23.9 Å². The van der Waals surface area contributed by atoms with Crippen molar-refractivity contribution in [1.82, 2.24) is 0 Å². The smallest absolute Gasteiger partial charge is 0.0656 e. The number of benzene rings is 9. The number of anilines is 4. The zero-order valence-electron chi connectivity index (χ0n) is 31.6. The molecule has 0 bridgehead atoms. The van der Waals surface area contributed by atoms with E-state index in [1.807, 2.05) is 0 Å². The first-order valence-electron chi connectivity index (χ1n) is 19.3. The van der Waals surface area contributed by atoms with Gasteiger partial charge in [-0.2, -0.15) is 0 Å². The van der Waals surface area contributed by atoms with E-state index in [0.717, 1.165) is 0 Å². The Balaban J connectivity index is 1.19. The molecular weight excluding hydrogens is 665 g/mol. The minimum atomic E-state index is -0.0926. The van der Waals surface area contributed by atoms with Crippen molar-refractivity contribution < 1.29 is 0 Å². The van der Waals surface area contributed by atoms with Gasteiger partial charge in [-0.1, -0.05) is 141 Å². The largest absolute Gasteiger partial charge is 0.341 e. The molecule has 2 nitrogen and oxygen atoms in total. The predicted molar refractivity (Wildman–Crippen MR) is 235 cm³/mol. The van der Waals surface area contributed by atoms with Gasteiger partial charge in [0, 0.05) is 19.5 Å². The zero-order chi connectivity index (χ0) is 37.0. The van der Waals surface area contributed by atoms with Crippen LogP contribution in [0.15, 0.2) is 170 Å². The zero-order valence-corrected chi connectivity index (χ0v) is 31.6. The molecular formula is C53H40N2. The Morgan fingerprint density at radius 1 is 0.345 bits per heavy atom. The maximum atomic E-state index is 2.49. The van der Waals surface area contributed by atoms with E-state index in [2.05, 4.69) is 208 Å². The summed E-state index contributed by atoms with van der Waals surface area (Å²) in [5.41, 5.74) is 17.7. The molecule has 11 rings (SSSR count). The van der Waals surface area contributed by atoms with Crippen LogP contribution in [0.2, 0.25) is 0 Å². The quantitative estimate of drug-likeness (QED) is 0.169. The molecule has 9 aromatic rings. The monoisotopic (exact) mass is 704 g/mol. The van der Waals surface area contributed by atoms with Crippen LogP contribution in [-0.4, -0.2) is 14.1 Å². The summed E-state index contributed by atoms with van der Waals surface area (Å²) < 4.78 is 0. The van der Waals surface area contributed by atoms with Crippen LogP contribution in [0.3, 0.4) is 0 Å². The molecule has 1 heterocycles. The lowest BCUT2D eigenvalue weighted by Gasteiger charge is -2.36. The first-order chi connectivity index (χ1) is 26.9. The van der Waals surface area contributed by atoms with Crippen LogP contribution in [0.1, 0.15) is 25.0 Å². The van der Waals surface area contributed by atoms with E-state index in [4.69, 9.17) is 0 Å². The summed E-state index contributed by atoms with van der Waals surface area (Å²) in [6.45, 7) is 4.75. The van der Waals surface area contributed by atoms with Crippen molar-refractivity contribution in [2.24, 2.45) is 0 Å². The maximum absolute atomic E-state index is 2.49. The minimum absolute atomic E-state index is 0.0926. The SMILES string of the molecule is CN1c2ccccc2N(C)c2cc(-c3c4ccccc4c(-c4ccc5c(c4)C(C)(C)c4ccccc4-5)c4cc(-c5ccc6ccccc6c5)ccc34)ccc21. The Hall–Kier alpha value is -6.64. The average Bonchev–Trinajstić information content (AvgIpc) is 3.46. The molecule has 1 aliphatic heterocycles. The molecule has 0 N–H and O–H groups in total. The predicted octanol–water partition coefficient (Wildman–Crippen LogP) is 14.3. The Bertz CT molecular complexity index is 3060. The molecule has 2 aliphatic rings. The fourth-order valence-corrected chi connectivity index (χ4v) is 9.73. The fraction of sp³-hybridized carbons (Fsp3) is 0.0943. The highest BCUT2D eigenvalue weighted by Gasteiger charge is 2.35. The molecule has 2 heteroatoms. The summed E-state index contributed by atoms with van der Waals surface area (Å²) in [5, 5.41) is 7.56. The molecule has 0 spiro atoms. The lowest BCUT2D eigenvalue weighted by atomic mass is 9.80. The van der Waals surface area contributed by atoms with Gasteiger partial charge >= 0.3 is 0 Å². The molecule has 0 saturated heterocycles. The molecule has 9 aromatic carbocycles. The van der Waals surface area contributed by atoms with Crippen molar-refractivity contribution in [1.29, 1.82) is 0 Å². The molecule has 262 valence electrons. The second-order valence-corrected chi connectivity index (χ2v) is 15.9. The Morgan fingerprint density at radius 3 is 1.67 bits per heavy atom. The molecule has 1 aliphatic carbocycles. The first kappa shape index (κ1) is 31.8. The second-order valence-electron chi connectivity index (χ2n) is 15.9. The molecule has 0 fully saturated rings. The number of para-hydroxylation sites is 2. The van der Waals surface area contributed by atoms with Crippen LogP contribution < -0.4 is 9.80 Å². The molecule has 55 heavy (non-hydrogen) atoms. The van der Waals surface area contributed by atoms with Crippen molar-refractivity contribution in [3.63, 3.8) is 0 Å². The molecule has 0 unspecified atom stereocenters. The van der Waals surface area contributed by atoms with Gasteiger partial charge in [-0.25, -0.2) is 0 Å². The minimum Gasteiger partial charge on any atom is -0.341 e. The molecule has 0 atom stereocenters. The standard InChI is InChI=1S/C53H40N2/c1-53(2)45-18-10-9-15-39(45)40-26-24-37(31-46(40)53)52-42-17-8-7-16-41(42)51(38-25-28-49-50(32-38)55(4)48-20-12-11-19-47(48)54(49)3)43-27-23-36(30-44(43)52)35-22-21-33-13-5-6-14-34(33)29-35/h5-32H,1-4H3. The average molecular weight is 705 g/mol. The van der Waals surface area contributed by atoms with Gasteiger partial charge in [0.1, 0.15) is 0 Å². The van der Waals surface area contributed by atoms with Gasteiger partial charge in [-0.3, -0.25) is 0 Å². The Labute approximate surface area is 322 Å². The number of hydrogen-bond donors (Lipinski definition) is 0. The Morgan fingerprint density at radius 2 is 0.873 bits per heavy atom. The van der Waals surface area contributed by atoms with E-state index in [1.54, 1.807) is 0 Å². The van der Waals surface area contributed by atoms with Gasteiger partial charge in [0.2, 0.25) is 0 Å². The summed E-state index contributed by atoms with van der Waals surface area (Å²) in [5.74, 6) is 0. The van der Waals surface area contributed by atoms with Crippen LogP contribution in [0.4, 0.5) is 22.7 Å². The van der Waals surface area contributed by atoms with E-state index < -0.39 is 0 Å². The van der Waals surface area contributed by atoms with Crippen LogP contribution in [-0.2, 0) is 5.41 Å². The number of fused-ring (bicyclic) bond motifs is 8. The Kier molecular flexibility index (Phi) is 6.76.